The first-order valence-corrected chi connectivity index (χ1v) is 8.95. The maximum atomic E-state index is 12.6. The fourth-order valence-electron chi connectivity index (χ4n) is 3.93. The molecule has 2 fully saturated rings. The van der Waals surface area contributed by atoms with Gasteiger partial charge in [0.15, 0.2) is 0 Å². The number of piperidine rings is 1. The van der Waals surface area contributed by atoms with Crippen molar-refractivity contribution in [2.45, 2.75) is 57.8 Å². The Hall–Kier alpha value is -1.98. The highest BCUT2D eigenvalue weighted by Gasteiger charge is 2.29. The molecule has 6 nitrogen and oxygen atoms in total. The van der Waals surface area contributed by atoms with Gasteiger partial charge >= 0.3 is 0 Å². The summed E-state index contributed by atoms with van der Waals surface area (Å²) in [6.45, 7) is 3.29. The predicted octanol–water partition coefficient (Wildman–Crippen LogP) is 2.17. The molecule has 1 saturated carbocycles. The van der Waals surface area contributed by atoms with Gasteiger partial charge in [-0.1, -0.05) is 12.8 Å². The average Bonchev–Trinajstić information content (AvgIpc) is 3.07. The molecule has 0 unspecified atom stereocenters. The first-order valence-electron chi connectivity index (χ1n) is 8.95. The minimum Gasteiger partial charge on any atom is -0.365 e. The number of nitrogens with two attached hydrogens (primary N) is 1. The Bertz CT molecular complexity index is 625. The van der Waals surface area contributed by atoms with Gasteiger partial charge < -0.3 is 10.6 Å². The van der Waals surface area contributed by atoms with Crippen LogP contribution in [0.2, 0.25) is 0 Å². The molecule has 1 aliphatic carbocycles. The van der Waals surface area contributed by atoms with Crippen LogP contribution in [-0.2, 0) is 4.79 Å². The van der Waals surface area contributed by atoms with Crippen LogP contribution in [0.1, 0.15) is 72.7 Å². The lowest BCUT2D eigenvalue weighted by Gasteiger charge is -2.32. The number of carbonyl (C=O) groups is 2. The van der Waals surface area contributed by atoms with E-state index in [1.807, 2.05) is 4.90 Å². The standard InChI is InChI=1S/C18H26N4O2/c1-12-15(17(19)24)10-20-18(21-12)14-7-4-8-22(11-14)16(23)9-13-5-2-3-6-13/h10,13-14H,2-9,11H2,1H3,(H2,19,24)/t14-/m1/s1. The van der Waals surface area contributed by atoms with Gasteiger partial charge in [0.1, 0.15) is 5.82 Å². The molecule has 1 aromatic rings. The molecule has 2 aliphatic rings. The molecule has 3 rings (SSSR count). The van der Waals surface area contributed by atoms with Crippen LogP contribution in [0, 0.1) is 12.8 Å². The summed E-state index contributed by atoms with van der Waals surface area (Å²) in [7, 11) is 0. The lowest BCUT2D eigenvalue weighted by molar-refractivity contribution is -0.133. The van der Waals surface area contributed by atoms with Crippen LogP contribution in [0.5, 0.6) is 0 Å². The zero-order valence-corrected chi connectivity index (χ0v) is 14.3. The monoisotopic (exact) mass is 330 g/mol. The van der Waals surface area contributed by atoms with Crippen molar-refractivity contribution in [1.29, 1.82) is 0 Å². The topological polar surface area (TPSA) is 89.2 Å². The van der Waals surface area contributed by atoms with E-state index in [2.05, 4.69) is 9.97 Å². The van der Waals surface area contributed by atoms with Gasteiger partial charge in [0.05, 0.1) is 11.3 Å². The third-order valence-electron chi connectivity index (χ3n) is 5.34. The Balaban J connectivity index is 1.65. The van der Waals surface area contributed by atoms with E-state index in [9.17, 15) is 9.59 Å². The number of carbonyl (C=O) groups excluding carboxylic acids is 2. The van der Waals surface area contributed by atoms with Gasteiger partial charge in [-0.3, -0.25) is 9.59 Å². The molecule has 0 radical (unpaired) electrons. The van der Waals surface area contributed by atoms with Crippen molar-refractivity contribution < 1.29 is 9.59 Å². The van der Waals surface area contributed by atoms with Crippen LogP contribution >= 0.6 is 0 Å². The number of likely N-dealkylation sites (tertiary alicyclic amines) is 1. The number of hydrogen-bond acceptors (Lipinski definition) is 4. The van der Waals surface area contributed by atoms with Gasteiger partial charge in [-0.05, 0) is 38.5 Å². The predicted molar refractivity (Wildman–Crippen MR) is 90.4 cm³/mol. The van der Waals surface area contributed by atoms with Crippen LogP contribution < -0.4 is 5.73 Å². The summed E-state index contributed by atoms with van der Waals surface area (Å²) in [5.41, 5.74) is 6.29. The molecule has 0 aromatic carbocycles. The highest BCUT2D eigenvalue weighted by atomic mass is 16.2. The van der Waals surface area contributed by atoms with Gasteiger partial charge in [-0.2, -0.15) is 0 Å². The summed E-state index contributed by atoms with van der Waals surface area (Å²) in [6.07, 6.45) is 9.07. The smallest absolute Gasteiger partial charge is 0.252 e. The normalized spacial score (nSPS) is 21.9. The van der Waals surface area contributed by atoms with Crippen molar-refractivity contribution in [1.82, 2.24) is 14.9 Å². The molecule has 1 aliphatic heterocycles. The summed E-state index contributed by atoms with van der Waals surface area (Å²) in [5, 5.41) is 0. The number of hydrogen-bond donors (Lipinski definition) is 1. The van der Waals surface area contributed by atoms with E-state index < -0.39 is 5.91 Å². The zero-order valence-electron chi connectivity index (χ0n) is 14.3. The van der Waals surface area contributed by atoms with Crippen molar-refractivity contribution in [2.75, 3.05) is 13.1 Å². The highest BCUT2D eigenvalue weighted by Crippen LogP contribution is 2.30. The summed E-state index contributed by atoms with van der Waals surface area (Å²) >= 11 is 0. The number of nitrogens with zero attached hydrogens (tertiary/aromatic N) is 3. The Labute approximate surface area is 142 Å². The lowest BCUT2D eigenvalue weighted by Crippen LogP contribution is -2.40. The minimum absolute atomic E-state index is 0.145. The van der Waals surface area contributed by atoms with Gasteiger partial charge in [0, 0.05) is 31.6 Å². The second kappa shape index (κ2) is 7.28. The molecule has 24 heavy (non-hydrogen) atoms. The van der Waals surface area contributed by atoms with Crippen LogP contribution in [-0.4, -0.2) is 39.8 Å². The quantitative estimate of drug-likeness (QED) is 0.916. The number of aryl methyl sites for hydroxylation is 1. The molecule has 2 heterocycles. The first kappa shape index (κ1) is 16.9. The SMILES string of the molecule is Cc1nc([C@@H]2CCCN(C(=O)CC3CCCC3)C2)ncc1C(N)=O. The van der Waals surface area contributed by atoms with Gasteiger partial charge in [0.25, 0.3) is 5.91 Å². The van der Waals surface area contributed by atoms with Crippen LogP contribution in [0.15, 0.2) is 6.20 Å². The van der Waals surface area contributed by atoms with Crippen molar-refractivity contribution in [3.63, 3.8) is 0 Å². The van der Waals surface area contributed by atoms with Crippen molar-refractivity contribution in [2.24, 2.45) is 11.7 Å². The Morgan fingerprint density at radius 2 is 2.00 bits per heavy atom. The molecule has 1 saturated heterocycles. The van der Waals surface area contributed by atoms with E-state index in [0.29, 0.717) is 30.1 Å². The minimum atomic E-state index is -0.504. The van der Waals surface area contributed by atoms with E-state index in [-0.39, 0.29) is 11.8 Å². The number of rotatable bonds is 4. The molecule has 2 amide bonds. The third-order valence-corrected chi connectivity index (χ3v) is 5.34. The van der Waals surface area contributed by atoms with Gasteiger partial charge in [0.2, 0.25) is 5.91 Å². The molecule has 1 atom stereocenters. The molecule has 6 heteroatoms. The summed E-state index contributed by atoms with van der Waals surface area (Å²) in [6, 6.07) is 0. The maximum Gasteiger partial charge on any atom is 0.252 e. The van der Waals surface area contributed by atoms with Crippen LogP contribution in [0.3, 0.4) is 0 Å². The van der Waals surface area contributed by atoms with Crippen LogP contribution in [0.25, 0.3) is 0 Å². The molecule has 0 bridgehead atoms. The van der Waals surface area contributed by atoms with E-state index in [4.69, 9.17) is 5.73 Å². The molecular weight excluding hydrogens is 304 g/mol. The van der Waals surface area contributed by atoms with E-state index >= 15 is 0 Å². The van der Waals surface area contributed by atoms with E-state index in [1.165, 1.54) is 31.9 Å². The van der Waals surface area contributed by atoms with Crippen molar-refractivity contribution >= 4 is 11.8 Å². The second-order valence-corrected chi connectivity index (χ2v) is 7.13. The van der Waals surface area contributed by atoms with Gasteiger partial charge in [-0.25, -0.2) is 9.97 Å². The highest BCUT2D eigenvalue weighted by molar-refractivity contribution is 5.93. The first-order chi connectivity index (χ1) is 11.5. The Morgan fingerprint density at radius 3 is 2.67 bits per heavy atom. The summed E-state index contributed by atoms with van der Waals surface area (Å²) in [5.74, 6) is 1.21. The fraction of sp³-hybridized carbons (Fsp3) is 0.667. The molecule has 1 aromatic heterocycles. The zero-order chi connectivity index (χ0) is 17.1. The molecular formula is C18H26N4O2. The number of aromatic nitrogens is 2. The third kappa shape index (κ3) is 3.74. The molecule has 130 valence electrons. The largest absolute Gasteiger partial charge is 0.365 e. The lowest BCUT2D eigenvalue weighted by atomic mass is 9.95. The number of primary amides is 1. The van der Waals surface area contributed by atoms with E-state index in [1.54, 1.807) is 6.92 Å². The summed E-state index contributed by atoms with van der Waals surface area (Å²) in [4.78, 5) is 34.6. The van der Waals surface area contributed by atoms with E-state index in [0.717, 1.165) is 25.2 Å². The van der Waals surface area contributed by atoms with Crippen LogP contribution in [0.4, 0.5) is 0 Å². The average molecular weight is 330 g/mol. The number of amides is 2. The van der Waals surface area contributed by atoms with Gasteiger partial charge in [-0.15, -0.1) is 0 Å². The molecule has 0 spiro atoms. The maximum absolute atomic E-state index is 12.6. The summed E-state index contributed by atoms with van der Waals surface area (Å²) < 4.78 is 0. The van der Waals surface area contributed by atoms with Crippen molar-refractivity contribution in [3.8, 4) is 0 Å². The van der Waals surface area contributed by atoms with Crippen molar-refractivity contribution in [3.05, 3.63) is 23.3 Å². The Kier molecular flexibility index (Phi) is 5.11. The fourth-order valence-corrected chi connectivity index (χ4v) is 3.93. The second-order valence-electron chi connectivity index (χ2n) is 7.13. The molecule has 2 N–H and O–H groups in total. The Morgan fingerprint density at radius 1 is 1.25 bits per heavy atom.